The number of nitrogens with zero attached hydrogens (tertiary/aromatic N) is 3. The molecule has 1 aromatic rings. The highest BCUT2D eigenvalue weighted by Gasteiger charge is 2.17. The second-order valence-corrected chi connectivity index (χ2v) is 6.75. The predicted octanol–water partition coefficient (Wildman–Crippen LogP) is 2.57. The topological polar surface area (TPSA) is 19.4 Å². The smallest absolute Gasteiger partial charge is 0.183 e. The van der Waals surface area contributed by atoms with Crippen molar-refractivity contribution in [2.24, 2.45) is 5.92 Å². The molecule has 0 spiro atoms. The molecule has 0 saturated carbocycles. The van der Waals surface area contributed by atoms with Crippen LogP contribution in [0, 0.1) is 5.92 Å². The number of hydrogen-bond acceptors (Lipinski definition) is 4. The highest BCUT2D eigenvalue weighted by Crippen LogP contribution is 2.20. The molecule has 0 N–H and O–H groups in total. The largest absolute Gasteiger partial charge is 0.301 e. The summed E-state index contributed by atoms with van der Waals surface area (Å²) < 4.78 is 0.651. The Morgan fingerprint density at radius 1 is 1.29 bits per heavy atom. The lowest BCUT2D eigenvalue weighted by Crippen LogP contribution is -2.46. The third kappa shape index (κ3) is 4.21. The lowest BCUT2D eigenvalue weighted by Gasteiger charge is -2.35. The summed E-state index contributed by atoms with van der Waals surface area (Å²) >= 11 is 7.43. The van der Waals surface area contributed by atoms with Gasteiger partial charge in [0.15, 0.2) is 4.47 Å². The van der Waals surface area contributed by atoms with Gasteiger partial charge in [-0.15, -0.1) is 11.3 Å². The fourth-order valence-electron chi connectivity index (χ4n) is 2.22. The molecule has 2 heterocycles. The van der Waals surface area contributed by atoms with Crippen LogP contribution in [0.4, 0.5) is 0 Å². The van der Waals surface area contributed by atoms with Gasteiger partial charge in [-0.25, -0.2) is 4.98 Å². The van der Waals surface area contributed by atoms with Crippen molar-refractivity contribution >= 4 is 22.9 Å². The van der Waals surface area contributed by atoms with Gasteiger partial charge >= 0.3 is 0 Å². The summed E-state index contributed by atoms with van der Waals surface area (Å²) in [6.45, 7) is 11.5. The molecule has 0 atom stereocenters. The maximum absolute atomic E-state index is 5.84. The Morgan fingerprint density at radius 2 is 1.94 bits per heavy atom. The van der Waals surface area contributed by atoms with E-state index in [1.54, 1.807) is 11.3 Å². The Balaban J connectivity index is 1.75. The molecule has 0 bridgehead atoms. The van der Waals surface area contributed by atoms with E-state index in [-0.39, 0.29) is 0 Å². The molecule has 0 aliphatic carbocycles. The monoisotopic (exact) mass is 273 g/mol. The fraction of sp³-hybridized carbons (Fsp3) is 0.750. The van der Waals surface area contributed by atoms with Crippen molar-refractivity contribution in [2.75, 3.05) is 32.7 Å². The molecule has 0 amide bonds. The Labute approximate surface area is 112 Å². The highest BCUT2D eigenvalue weighted by molar-refractivity contribution is 7.15. The van der Waals surface area contributed by atoms with Gasteiger partial charge in [0.05, 0.1) is 0 Å². The van der Waals surface area contributed by atoms with Crippen LogP contribution in [0.3, 0.4) is 0 Å². The Kier molecular flexibility index (Phi) is 4.79. The maximum Gasteiger partial charge on any atom is 0.183 e. The van der Waals surface area contributed by atoms with Crippen LogP contribution in [0.15, 0.2) is 6.20 Å². The van der Waals surface area contributed by atoms with Gasteiger partial charge in [-0.3, -0.25) is 4.90 Å². The van der Waals surface area contributed by atoms with E-state index in [2.05, 4.69) is 28.6 Å². The lowest BCUT2D eigenvalue weighted by atomic mass is 10.2. The molecule has 5 heteroatoms. The number of aromatic nitrogens is 1. The molecule has 96 valence electrons. The average Bonchev–Trinajstić information content (AvgIpc) is 2.66. The second kappa shape index (κ2) is 6.14. The molecule has 1 saturated heterocycles. The Bertz CT molecular complexity index is 345. The predicted molar refractivity (Wildman–Crippen MR) is 73.7 cm³/mol. The van der Waals surface area contributed by atoms with Crippen LogP contribution in [0.1, 0.15) is 18.7 Å². The molecule has 1 aliphatic rings. The van der Waals surface area contributed by atoms with E-state index >= 15 is 0 Å². The van der Waals surface area contributed by atoms with E-state index in [0.29, 0.717) is 4.47 Å². The number of halogens is 1. The first-order chi connectivity index (χ1) is 8.13. The summed E-state index contributed by atoms with van der Waals surface area (Å²) in [6.07, 6.45) is 1.90. The third-order valence-electron chi connectivity index (χ3n) is 2.99. The number of hydrogen-bond donors (Lipinski definition) is 0. The molecular weight excluding hydrogens is 254 g/mol. The Hall–Kier alpha value is -0.160. The van der Waals surface area contributed by atoms with Crippen LogP contribution in [0.5, 0.6) is 0 Å². The minimum atomic E-state index is 0.651. The Morgan fingerprint density at radius 3 is 2.47 bits per heavy atom. The van der Waals surface area contributed by atoms with Crippen LogP contribution >= 0.6 is 22.9 Å². The van der Waals surface area contributed by atoms with E-state index < -0.39 is 0 Å². The SMILES string of the molecule is CC(C)CN1CCN(Cc2cnc(Cl)s2)CC1. The van der Waals surface area contributed by atoms with Crippen molar-refractivity contribution in [3.05, 3.63) is 15.5 Å². The van der Waals surface area contributed by atoms with Crippen LogP contribution in [-0.2, 0) is 6.54 Å². The molecule has 0 unspecified atom stereocenters. The number of piperazine rings is 1. The van der Waals surface area contributed by atoms with E-state index in [1.807, 2.05) is 6.20 Å². The first-order valence-electron chi connectivity index (χ1n) is 6.18. The number of thiazole rings is 1. The van der Waals surface area contributed by atoms with Crippen molar-refractivity contribution in [1.82, 2.24) is 14.8 Å². The first-order valence-corrected chi connectivity index (χ1v) is 7.38. The van der Waals surface area contributed by atoms with E-state index in [4.69, 9.17) is 11.6 Å². The van der Waals surface area contributed by atoms with Crippen molar-refractivity contribution in [3.63, 3.8) is 0 Å². The van der Waals surface area contributed by atoms with E-state index in [0.717, 1.165) is 25.6 Å². The van der Waals surface area contributed by atoms with Gasteiger partial charge in [0, 0.05) is 50.3 Å². The van der Waals surface area contributed by atoms with Crippen molar-refractivity contribution in [3.8, 4) is 0 Å². The molecule has 1 aromatic heterocycles. The van der Waals surface area contributed by atoms with Gasteiger partial charge in [-0.2, -0.15) is 0 Å². The number of rotatable bonds is 4. The van der Waals surface area contributed by atoms with Gasteiger partial charge < -0.3 is 4.90 Å². The normalized spacial score (nSPS) is 19.1. The summed E-state index contributed by atoms with van der Waals surface area (Å²) in [4.78, 5) is 10.4. The van der Waals surface area contributed by atoms with Gasteiger partial charge in [0.2, 0.25) is 0 Å². The van der Waals surface area contributed by atoms with Crippen molar-refractivity contribution < 1.29 is 0 Å². The van der Waals surface area contributed by atoms with Crippen LogP contribution in [-0.4, -0.2) is 47.5 Å². The van der Waals surface area contributed by atoms with Gasteiger partial charge in [0.25, 0.3) is 0 Å². The zero-order valence-corrected chi connectivity index (χ0v) is 12.1. The van der Waals surface area contributed by atoms with Crippen LogP contribution < -0.4 is 0 Å². The van der Waals surface area contributed by atoms with Gasteiger partial charge in [-0.1, -0.05) is 25.4 Å². The molecule has 0 radical (unpaired) electrons. The average molecular weight is 274 g/mol. The van der Waals surface area contributed by atoms with Crippen LogP contribution in [0.2, 0.25) is 4.47 Å². The molecule has 3 nitrogen and oxygen atoms in total. The van der Waals surface area contributed by atoms with Gasteiger partial charge in [-0.05, 0) is 5.92 Å². The summed E-state index contributed by atoms with van der Waals surface area (Å²) in [5.41, 5.74) is 0. The fourth-order valence-corrected chi connectivity index (χ4v) is 3.24. The first kappa shape index (κ1) is 13.3. The summed E-state index contributed by atoms with van der Waals surface area (Å²) in [6, 6.07) is 0. The van der Waals surface area contributed by atoms with E-state index in [9.17, 15) is 0 Å². The van der Waals surface area contributed by atoms with Gasteiger partial charge in [0.1, 0.15) is 0 Å². The molecular formula is C12H20ClN3S. The zero-order valence-electron chi connectivity index (χ0n) is 10.5. The molecule has 1 aliphatic heterocycles. The lowest BCUT2D eigenvalue weighted by molar-refractivity contribution is 0.118. The highest BCUT2D eigenvalue weighted by atomic mass is 35.5. The summed E-state index contributed by atoms with van der Waals surface area (Å²) in [5, 5.41) is 0. The van der Waals surface area contributed by atoms with Crippen molar-refractivity contribution in [1.29, 1.82) is 0 Å². The van der Waals surface area contributed by atoms with Crippen LogP contribution in [0.25, 0.3) is 0 Å². The minimum Gasteiger partial charge on any atom is -0.301 e. The summed E-state index contributed by atoms with van der Waals surface area (Å²) in [7, 11) is 0. The van der Waals surface area contributed by atoms with Crippen molar-refractivity contribution in [2.45, 2.75) is 20.4 Å². The molecule has 0 aromatic carbocycles. The quantitative estimate of drug-likeness (QED) is 0.841. The standard InChI is InChI=1S/C12H20ClN3S/c1-10(2)8-15-3-5-16(6-4-15)9-11-7-14-12(13)17-11/h7,10H,3-6,8-9H2,1-2H3. The minimum absolute atomic E-state index is 0.651. The molecule has 2 rings (SSSR count). The molecule has 1 fully saturated rings. The maximum atomic E-state index is 5.84. The van der Waals surface area contributed by atoms with E-state index in [1.165, 1.54) is 24.5 Å². The summed E-state index contributed by atoms with van der Waals surface area (Å²) in [5.74, 6) is 0.766. The third-order valence-corrected chi connectivity index (χ3v) is 4.09. The molecule has 17 heavy (non-hydrogen) atoms. The zero-order chi connectivity index (χ0) is 12.3. The second-order valence-electron chi connectivity index (χ2n) is 5.05.